The van der Waals surface area contributed by atoms with Gasteiger partial charge in [-0.15, -0.1) is 0 Å². The number of hydrogen-bond donors (Lipinski definition) is 0. The normalized spacial score (nSPS) is 10.6. The average Bonchev–Trinajstić information content (AvgIpc) is 2.78. The van der Waals surface area contributed by atoms with Gasteiger partial charge in [-0.3, -0.25) is 0 Å². The van der Waals surface area contributed by atoms with E-state index in [0.717, 1.165) is 22.4 Å². The lowest BCUT2D eigenvalue weighted by Crippen LogP contribution is -2.03. The van der Waals surface area contributed by atoms with Crippen molar-refractivity contribution in [3.05, 3.63) is 54.6 Å². The van der Waals surface area contributed by atoms with E-state index in [9.17, 15) is 0 Å². The third-order valence-corrected chi connectivity index (χ3v) is 2.89. The maximum atomic E-state index is 4.69. The lowest BCUT2D eigenvalue weighted by molar-refractivity contribution is 1.23. The monoisotopic (exact) mass is 219 g/mol. The fourth-order valence-corrected chi connectivity index (χ4v) is 2.10. The first-order valence-electron chi connectivity index (χ1n) is 5.72. The second-order valence-corrected chi connectivity index (χ2v) is 3.92. The van der Waals surface area contributed by atoms with Gasteiger partial charge < -0.3 is 4.48 Å². The quantitative estimate of drug-likeness (QED) is 0.605. The van der Waals surface area contributed by atoms with Gasteiger partial charge in [0.25, 0.3) is 7.41 Å². The Balaban J connectivity index is 2.30. The minimum atomic E-state index is 0.995. The molecule has 1 aromatic heterocycles. The molecule has 0 bridgehead atoms. The predicted molar refractivity (Wildman–Crippen MR) is 72.2 cm³/mol. The molecule has 0 amide bonds. The fourth-order valence-electron chi connectivity index (χ4n) is 2.10. The van der Waals surface area contributed by atoms with E-state index >= 15 is 0 Å². The van der Waals surface area contributed by atoms with Gasteiger partial charge in [-0.25, -0.2) is 4.98 Å². The van der Waals surface area contributed by atoms with Gasteiger partial charge in [-0.1, -0.05) is 49.3 Å². The van der Waals surface area contributed by atoms with Crippen LogP contribution in [0.1, 0.15) is 0 Å². The third-order valence-electron chi connectivity index (χ3n) is 2.89. The molecule has 0 aliphatic carbocycles. The predicted octanol–water partition coefficient (Wildman–Crippen LogP) is 3.22. The molecule has 0 aliphatic rings. The van der Waals surface area contributed by atoms with Crippen molar-refractivity contribution in [2.24, 2.45) is 0 Å². The molecule has 0 N–H and O–H groups in total. The Morgan fingerprint density at radius 1 is 0.941 bits per heavy atom. The summed E-state index contributed by atoms with van der Waals surface area (Å²) in [6.07, 6.45) is 0. The number of imidazole rings is 1. The van der Waals surface area contributed by atoms with Crippen LogP contribution in [0.2, 0.25) is 6.82 Å². The van der Waals surface area contributed by atoms with Gasteiger partial charge in [-0.05, 0) is 12.1 Å². The van der Waals surface area contributed by atoms with Crippen LogP contribution in [0.4, 0.5) is 0 Å². The van der Waals surface area contributed by atoms with E-state index in [1.54, 1.807) is 0 Å². The van der Waals surface area contributed by atoms with E-state index in [-0.39, 0.29) is 0 Å². The lowest BCUT2D eigenvalue weighted by Gasteiger charge is -2.04. The molecule has 81 valence electrons. The first-order valence-corrected chi connectivity index (χ1v) is 5.72. The van der Waals surface area contributed by atoms with Crippen LogP contribution in [0.25, 0.3) is 22.4 Å². The molecular weight excluding hydrogens is 207 g/mol. The van der Waals surface area contributed by atoms with Crippen molar-refractivity contribution in [3.8, 4) is 11.4 Å². The summed E-state index contributed by atoms with van der Waals surface area (Å²) in [4.78, 5) is 4.69. The Hall–Kier alpha value is -2.03. The Bertz CT molecular complexity index is 644. The van der Waals surface area contributed by atoms with Crippen LogP contribution in [0.3, 0.4) is 0 Å². The molecule has 2 nitrogen and oxygen atoms in total. The Morgan fingerprint density at radius 2 is 1.65 bits per heavy atom. The second-order valence-electron chi connectivity index (χ2n) is 3.92. The Kier molecular flexibility index (Phi) is 2.44. The maximum Gasteiger partial charge on any atom is 0.251 e. The smallest absolute Gasteiger partial charge is 0.251 e. The van der Waals surface area contributed by atoms with E-state index in [1.165, 1.54) is 0 Å². The highest BCUT2D eigenvalue weighted by Crippen LogP contribution is 2.23. The molecule has 3 rings (SSSR count). The summed E-state index contributed by atoms with van der Waals surface area (Å²) in [5.41, 5.74) is 3.32. The standard InChI is InChI=1S/C14H12BN2/c1-15-17-13-10-6-5-9-12(13)16-14(17)11-7-3-2-4-8-11/h2-10H,1H3. The van der Waals surface area contributed by atoms with Crippen LogP contribution in [0.5, 0.6) is 0 Å². The van der Waals surface area contributed by atoms with Crippen LogP contribution in [-0.2, 0) is 0 Å². The second kappa shape index (κ2) is 4.09. The maximum absolute atomic E-state index is 4.69. The van der Waals surface area contributed by atoms with Gasteiger partial charge in [0.05, 0.1) is 11.0 Å². The van der Waals surface area contributed by atoms with Gasteiger partial charge in [0.2, 0.25) is 0 Å². The van der Waals surface area contributed by atoms with E-state index in [4.69, 9.17) is 0 Å². The fraction of sp³-hybridized carbons (Fsp3) is 0.0714. The van der Waals surface area contributed by atoms with Gasteiger partial charge in [0, 0.05) is 5.56 Å². The van der Waals surface area contributed by atoms with Crippen molar-refractivity contribution in [2.45, 2.75) is 6.82 Å². The highest BCUT2D eigenvalue weighted by Gasteiger charge is 2.10. The minimum absolute atomic E-state index is 0.995. The number of para-hydroxylation sites is 2. The van der Waals surface area contributed by atoms with Crippen LogP contribution in [0.15, 0.2) is 54.6 Å². The average molecular weight is 219 g/mol. The van der Waals surface area contributed by atoms with Gasteiger partial charge in [0.15, 0.2) is 0 Å². The molecule has 0 saturated carbocycles. The molecule has 3 aromatic rings. The number of benzene rings is 2. The zero-order valence-electron chi connectivity index (χ0n) is 9.67. The zero-order valence-corrected chi connectivity index (χ0v) is 9.67. The molecule has 2 aromatic carbocycles. The zero-order chi connectivity index (χ0) is 11.7. The number of hydrogen-bond acceptors (Lipinski definition) is 1. The van der Waals surface area contributed by atoms with E-state index in [1.807, 2.05) is 43.2 Å². The highest BCUT2D eigenvalue weighted by atomic mass is 15.0. The molecule has 0 atom stereocenters. The van der Waals surface area contributed by atoms with Crippen molar-refractivity contribution in [3.63, 3.8) is 0 Å². The first kappa shape index (κ1) is 10.1. The van der Waals surface area contributed by atoms with Gasteiger partial charge in [-0.2, -0.15) is 0 Å². The summed E-state index contributed by atoms with van der Waals surface area (Å²) >= 11 is 0. The summed E-state index contributed by atoms with van der Waals surface area (Å²) in [6, 6.07) is 18.5. The molecule has 3 heteroatoms. The molecule has 0 saturated heterocycles. The van der Waals surface area contributed by atoms with Crippen molar-refractivity contribution < 1.29 is 0 Å². The minimum Gasteiger partial charge on any atom is -0.374 e. The highest BCUT2D eigenvalue weighted by molar-refractivity contribution is 6.34. The molecule has 0 fully saturated rings. The Morgan fingerprint density at radius 3 is 2.41 bits per heavy atom. The van der Waals surface area contributed by atoms with Crippen molar-refractivity contribution in [2.75, 3.05) is 0 Å². The third kappa shape index (κ3) is 1.64. The van der Waals surface area contributed by atoms with Crippen LogP contribution in [0, 0.1) is 0 Å². The number of aromatic nitrogens is 2. The van der Waals surface area contributed by atoms with Crippen molar-refractivity contribution in [1.82, 2.24) is 9.46 Å². The molecule has 0 spiro atoms. The molecule has 0 aliphatic heterocycles. The van der Waals surface area contributed by atoms with Gasteiger partial charge in [0.1, 0.15) is 5.82 Å². The van der Waals surface area contributed by atoms with Crippen LogP contribution in [-0.4, -0.2) is 16.9 Å². The van der Waals surface area contributed by atoms with E-state index < -0.39 is 0 Å². The largest absolute Gasteiger partial charge is 0.374 e. The number of rotatable bonds is 2. The van der Waals surface area contributed by atoms with E-state index in [0.29, 0.717) is 0 Å². The summed E-state index contributed by atoms with van der Waals surface area (Å²) in [5, 5.41) is 0. The summed E-state index contributed by atoms with van der Waals surface area (Å²) in [7, 11) is 2.05. The molecule has 0 unspecified atom stereocenters. The molecular formula is C14H12BN2. The number of nitrogens with zero attached hydrogens (tertiary/aromatic N) is 2. The van der Waals surface area contributed by atoms with Crippen molar-refractivity contribution >= 4 is 18.4 Å². The van der Waals surface area contributed by atoms with Crippen molar-refractivity contribution in [1.29, 1.82) is 0 Å². The molecule has 1 heterocycles. The van der Waals surface area contributed by atoms with Crippen LogP contribution < -0.4 is 0 Å². The SMILES string of the molecule is C[B]n1c(-c2ccccc2)nc2ccccc21. The molecule has 17 heavy (non-hydrogen) atoms. The lowest BCUT2D eigenvalue weighted by atomic mass is 9.97. The number of fused-ring (bicyclic) bond motifs is 1. The van der Waals surface area contributed by atoms with E-state index in [2.05, 4.69) is 35.1 Å². The molecule has 1 radical (unpaired) electrons. The van der Waals surface area contributed by atoms with Crippen LogP contribution >= 0.6 is 0 Å². The summed E-state index contributed by atoms with van der Waals surface area (Å²) < 4.78 is 2.13. The van der Waals surface area contributed by atoms with Gasteiger partial charge >= 0.3 is 0 Å². The summed E-state index contributed by atoms with van der Waals surface area (Å²) in [6.45, 7) is 2.03. The Labute approximate surface area is 101 Å². The topological polar surface area (TPSA) is 17.8 Å². The summed E-state index contributed by atoms with van der Waals surface area (Å²) in [5.74, 6) is 0.995. The first-order chi connectivity index (χ1) is 8.40.